The average Bonchev–Trinajstić information content (AvgIpc) is 2.21. The molecule has 0 spiro atoms. The first-order valence-corrected chi connectivity index (χ1v) is 5.54. The van der Waals surface area contributed by atoms with Crippen LogP contribution < -0.4 is 0 Å². The normalized spacial score (nSPS) is 14.8. The highest BCUT2D eigenvalue weighted by Gasteiger charge is 2.12. The van der Waals surface area contributed by atoms with Gasteiger partial charge in [-0.05, 0) is 24.0 Å². The molecule has 1 N–H and O–H groups in total. The Labute approximate surface area is 96.1 Å². The van der Waals surface area contributed by atoms with Crippen LogP contribution in [0.2, 0.25) is 0 Å². The lowest BCUT2D eigenvalue weighted by Crippen LogP contribution is -2.17. The maximum absolute atomic E-state index is 13.3. The molecule has 2 nitrogen and oxygen atoms in total. The third-order valence-corrected chi connectivity index (χ3v) is 2.54. The Morgan fingerprint density at radius 2 is 2.06 bits per heavy atom. The maximum atomic E-state index is 13.3. The minimum absolute atomic E-state index is 0.249. The van der Waals surface area contributed by atoms with E-state index in [1.807, 2.05) is 6.92 Å². The summed E-state index contributed by atoms with van der Waals surface area (Å²) in [5, 5.41) is 9.80. The predicted molar refractivity (Wildman–Crippen MR) is 61.8 cm³/mol. The van der Waals surface area contributed by atoms with Gasteiger partial charge in [-0.25, -0.2) is 4.39 Å². The number of aliphatic hydroxyl groups is 1. The number of hydrogen-bond acceptors (Lipinski definition) is 2. The van der Waals surface area contributed by atoms with E-state index in [0.717, 1.165) is 0 Å². The van der Waals surface area contributed by atoms with Gasteiger partial charge in [0.1, 0.15) is 5.82 Å². The van der Waals surface area contributed by atoms with Gasteiger partial charge < -0.3 is 9.84 Å². The van der Waals surface area contributed by atoms with Gasteiger partial charge in [0.2, 0.25) is 0 Å². The van der Waals surface area contributed by atoms with E-state index in [1.54, 1.807) is 25.3 Å². The summed E-state index contributed by atoms with van der Waals surface area (Å²) in [6.07, 6.45) is 0.477. The van der Waals surface area contributed by atoms with Crippen LogP contribution in [0.25, 0.3) is 0 Å². The Morgan fingerprint density at radius 1 is 1.38 bits per heavy atom. The number of hydrogen-bond donors (Lipinski definition) is 1. The van der Waals surface area contributed by atoms with Gasteiger partial charge in [0, 0.05) is 20.1 Å². The summed E-state index contributed by atoms with van der Waals surface area (Å²) < 4.78 is 18.3. The standard InChI is InChI=1S/C13H19FO2/c1-10(9-16-2)7-12(15)8-11-5-3-4-6-13(11)14/h3-6,10,12,15H,7-9H2,1-2H3. The van der Waals surface area contributed by atoms with Crippen molar-refractivity contribution in [3.8, 4) is 0 Å². The summed E-state index contributed by atoms with van der Waals surface area (Å²) in [5.41, 5.74) is 0.569. The molecule has 1 rings (SSSR count). The highest BCUT2D eigenvalue weighted by atomic mass is 19.1. The van der Waals surface area contributed by atoms with Crippen LogP contribution in [0, 0.1) is 11.7 Å². The van der Waals surface area contributed by atoms with E-state index < -0.39 is 6.10 Å². The van der Waals surface area contributed by atoms with Crippen molar-refractivity contribution in [2.24, 2.45) is 5.92 Å². The monoisotopic (exact) mass is 226 g/mol. The molecule has 0 amide bonds. The van der Waals surface area contributed by atoms with Crippen molar-refractivity contribution in [3.63, 3.8) is 0 Å². The molecule has 0 saturated heterocycles. The molecule has 90 valence electrons. The molecule has 2 unspecified atom stereocenters. The molecule has 0 aliphatic rings. The van der Waals surface area contributed by atoms with E-state index in [-0.39, 0.29) is 11.7 Å². The third kappa shape index (κ3) is 4.29. The fraction of sp³-hybridized carbons (Fsp3) is 0.538. The number of methoxy groups -OCH3 is 1. The number of ether oxygens (including phenoxy) is 1. The van der Waals surface area contributed by atoms with E-state index in [4.69, 9.17) is 4.74 Å². The molecule has 1 aromatic carbocycles. The van der Waals surface area contributed by atoms with Gasteiger partial charge in [-0.2, -0.15) is 0 Å². The fourth-order valence-corrected chi connectivity index (χ4v) is 1.82. The lowest BCUT2D eigenvalue weighted by Gasteiger charge is -2.16. The van der Waals surface area contributed by atoms with Crippen LogP contribution in [0.15, 0.2) is 24.3 Å². The van der Waals surface area contributed by atoms with Gasteiger partial charge in [-0.1, -0.05) is 25.1 Å². The van der Waals surface area contributed by atoms with E-state index in [1.165, 1.54) is 6.07 Å². The van der Waals surface area contributed by atoms with Gasteiger partial charge in [0.15, 0.2) is 0 Å². The van der Waals surface area contributed by atoms with Crippen molar-refractivity contribution < 1.29 is 14.2 Å². The third-order valence-electron chi connectivity index (χ3n) is 2.54. The number of halogens is 1. The van der Waals surface area contributed by atoms with Gasteiger partial charge in [0.05, 0.1) is 6.10 Å². The van der Waals surface area contributed by atoms with Gasteiger partial charge in [-0.15, -0.1) is 0 Å². The Bertz CT molecular complexity index is 315. The predicted octanol–water partition coefficient (Wildman–Crippen LogP) is 2.40. The lowest BCUT2D eigenvalue weighted by atomic mass is 9.99. The molecule has 0 radical (unpaired) electrons. The SMILES string of the molecule is COCC(C)CC(O)Cc1ccccc1F. The minimum Gasteiger partial charge on any atom is -0.393 e. The van der Waals surface area contributed by atoms with Crippen molar-refractivity contribution in [1.82, 2.24) is 0 Å². The summed E-state index contributed by atoms with van der Waals surface area (Å²) in [6, 6.07) is 6.56. The molecule has 0 aromatic heterocycles. The Morgan fingerprint density at radius 3 is 2.69 bits per heavy atom. The van der Waals surface area contributed by atoms with Gasteiger partial charge in [-0.3, -0.25) is 0 Å². The average molecular weight is 226 g/mol. The minimum atomic E-state index is -0.512. The van der Waals surface area contributed by atoms with Crippen molar-refractivity contribution in [2.45, 2.75) is 25.9 Å². The van der Waals surface area contributed by atoms with E-state index >= 15 is 0 Å². The molecule has 2 atom stereocenters. The largest absolute Gasteiger partial charge is 0.393 e. The zero-order valence-electron chi connectivity index (χ0n) is 9.82. The summed E-state index contributed by atoms with van der Waals surface area (Å²) in [6.45, 7) is 2.63. The van der Waals surface area contributed by atoms with Gasteiger partial charge >= 0.3 is 0 Å². The van der Waals surface area contributed by atoms with Crippen molar-refractivity contribution in [3.05, 3.63) is 35.6 Å². The molecule has 3 heteroatoms. The first-order valence-electron chi connectivity index (χ1n) is 5.54. The smallest absolute Gasteiger partial charge is 0.126 e. The molecular weight excluding hydrogens is 207 g/mol. The van der Waals surface area contributed by atoms with Crippen LogP contribution in [0.1, 0.15) is 18.9 Å². The van der Waals surface area contributed by atoms with Crippen LogP contribution in [0.5, 0.6) is 0 Å². The second-order valence-electron chi connectivity index (χ2n) is 4.25. The van der Waals surface area contributed by atoms with Gasteiger partial charge in [0.25, 0.3) is 0 Å². The first kappa shape index (κ1) is 13.1. The Hall–Kier alpha value is -0.930. The zero-order chi connectivity index (χ0) is 12.0. The maximum Gasteiger partial charge on any atom is 0.126 e. The summed E-state index contributed by atoms with van der Waals surface area (Å²) in [7, 11) is 1.64. The molecule has 0 bridgehead atoms. The summed E-state index contributed by atoms with van der Waals surface area (Å²) in [5.74, 6) is 0.0349. The van der Waals surface area contributed by atoms with E-state index in [0.29, 0.717) is 25.0 Å². The number of benzene rings is 1. The molecule has 0 heterocycles. The van der Waals surface area contributed by atoms with Crippen LogP contribution >= 0.6 is 0 Å². The first-order chi connectivity index (χ1) is 7.63. The molecule has 16 heavy (non-hydrogen) atoms. The molecule has 1 aromatic rings. The highest BCUT2D eigenvalue weighted by molar-refractivity contribution is 5.17. The van der Waals surface area contributed by atoms with Crippen LogP contribution in [0.3, 0.4) is 0 Å². The summed E-state index contributed by atoms with van der Waals surface area (Å²) >= 11 is 0. The molecule has 0 aliphatic carbocycles. The highest BCUT2D eigenvalue weighted by Crippen LogP contribution is 2.14. The van der Waals surface area contributed by atoms with Crippen molar-refractivity contribution in [2.75, 3.05) is 13.7 Å². The number of aliphatic hydroxyl groups excluding tert-OH is 1. The van der Waals surface area contributed by atoms with E-state index in [9.17, 15) is 9.50 Å². The zero-order valence-corrected chi connectivity index (χ0v) is 9.82. The Kier molecular flexibility index (Phi) is 5.43. The van der Waals surface area contributed by atoms with Crippen LogP contribution in [0.4, 0.5) is 4.39 Å². The van der Waals surface area contributed by atoms with E-state index in [2.05, 4.69) is 0 Å². The molecule has 0 saturated carbocycles. The molecule has 0 fully saturated rings. The Balaban J connectivity index is 2.45. The second-order valence-corrected chi connectivity index (χ2v) is 4.25. The van der Waals surface area contributed by atoms with Crippen LogP contribution in [-0.4, -0.2) is 24.9 Å². The number of rotatable bonds is 6. The van der Waals surface area contributed by atoms with Crippen LogP contribution in [-0.2, 0) is 11.2 Å². The fourth-order valence-electron chi connectivity index (χ4n) is 1.82. The topological polar surface area (TPSA) is 29.5 Å². The molecule has 0 aliphatic heterocycles. The lowest BCUT2D eigenvalue weighted by molar-refractivity contribution is 0.101. The van der Waals surface area contributed by atoms with Crippen molar-refractivity contribution in [1.29, 1.82) is 0 Å². The molecular formula is C13H19FO2. The quantitative estimate of drug-likeness (QED) is 0.807. The second kappa shape index (κ2) is 6.61. The summed E-state index contributed by atoms with van der Waals surface area (Å²) in [4.78, 5) is 0. The van der Waals surface area contributed by atoms with Crippen molar-refractivity contribution >= 4 is 0 Å².